The number of nitrogens with zero attached hydrogens (tertiary/aromatic N) is 1. The molecule has 0 aliphatic carbocycles. The van der Waals surface area contributed by atoms with Crippen LogP contribution >= 0.6 is 0 Å². The first kappa shape index (κ1) is 12.5. The van der Waals surface area contributed by atoms with Gasteiger partial charge in [-0.3, -0.25) is 9.59 Å². The van der Waals surface area contributed by atoms with Gasteiger partial charge < -0.3 is 10.3 Å². The molecule has 1 amide bonds. The molecule has 19 heavy (non-hydrogen) atoms. The van der Waals surface area contributed by atoms with Gasteiger partial charge >= 0.3 is 0 Å². The van der Waals surface area contributed by atoms with Gasteiger partial charge in [0.15, 0.2) is 5.43 Å². The number of hydrogen-bond donors (Lipinski definition) is 2. The molecule has 1 aromatic heterocycles. The van der Waals surface area contributed by atoms with Crippen molar-refractivity contribution in [2.24, 2.45) is 0 Å². The number of amides is 1. The number of rotatable bonds is 2. The number of benzene rings is 1. The van der Waals surface area contributed by atoms with Crippen LogP contribution in [-0.4, -0.2) is 10.9 Å². The Kier molecular flexibility index (Phi) is 3.39. The van der Waals surface area contributed by atoms with Crippen LogP contribution in [0.4, 0.5) is 10.1 Å². The Morgan fingerprint density at radius 2 is 2.16 bits per heavy atom. The van der Waals surface area contributed by atoms with Crippen LogP contribution in [0.2, 0.25) is 0 Å². The lowest BCUT2D eigenvalue weighted by atomic mass is 10.1. The fourth-order valence-corrected chi connectivity index (χ4v) is 1.53. The Bertz CT molecular complexity index is 731. The van der Waals surface area contributed by atoms with Crippen molar-refractivity contribution in [3.63, 3.8) is 0 Å². The first-order valence-electron chi connectivity index (χ1n) is 5.30. The van der Waals surface area contributed by atoms with Crippen molar-refractivity contribution in [1.29, 1.82) is 5.26 Å². The molecule has 0 saturated carbocycles. The minimum absolute atomic E-state index is 0.0238. The van der Waals surface area contributed by atoms with E-state index in [0.29, 0.717) is 0 Å². The summed E-state index contributed by atoms with van der Waals surface area (Å²) < 4.78 is 13.3. The van der Waals surface area contributed by atoms with E-state index in [1.165, 1.54) is 30.6 Å². The van der Waals surface area contributed by atoms with Crippen LogP contribution in [0.1, 0.15) is 15.9 Å². The Labute approximate surface area is 107 Å². The molecule has 94 valence electrons. The molecule has 1 heterocycles. The predicted octanol–water partition coefficient (Wildman–Crippen LogP) is 1.64. The maximum Gasteiger partial charge on any atom is 0.261 e. The number of H-pyrrole nitrogens is 1. The van der Waals surface area contributed by atoms with Crippen LogP contribution in [0.25, 0.3) is 0 Å². The second kappa shape index (κ2) is 5.14. The fraction of sp³-hybridized carbons (Fsp3) is 0. The van der Waals surface area contributed by atoms with E-state index in [2.05, 4.69) is 10.3 Å². The van der Waals surface area contributed by atoms with Crippen molar-refractivity contribution in [2.45, 2.75) is 0 Å². The molecule has 1 aromatic carbocycles. The van der Waals surface area contributed by atoms with Gasteiger partial charge in [-0.25, -0.2) is 4.39 Å². The zero-order valence-electron chi connectivity index (χ0n) is 9.61. The normalized spacial score (nSPS) is 9.68. The molecular formula is C13H8FN3O2. The van der Waals surface area contributed by atoms with Gasteiger partial charge in [-0.05, 0) is 12.1 Å². The summed E-state index contributed by atoms with van der Waals surface area (Å²) >= 11 is 0. The van der Waals surface area contributed by atoms with Gasteiger partial charge in [-0.15, -0.1) is 0 Å². The summed E-state index contributed by atoms with van der Waals surface area (Å²) in [6.07, 6.45) is 2.63. The molecule has 0 unspecified atom stereocenters. The highest BCUT2D eigenvalue weighted by atomic mass is 19.1. The zero-order chi connectivity index (χ0) is 13.8. The number of pyridine rings is 1. The molecule has 0 bridgehead atoms. The number of hydrogen-bond acceptors (Lipinski definition) is 3. The number of carbonyl (C=O) groups excluding carboxylic acids is 1. The SMILES string of the molecule is N#Cc1c(F)cccc1NC(=O)c1c[nH]ccc1=O. The molecule has 0 spiro atoms. The smallest absolute Gasteiger partial charge is 0.261 e. The summed E-state index contributed by atoms with van der Waals surface area (Å²) in [5.74, 6) is -1.44. The Balaban J connectivity index is 2.36. The lowest BCUT2D eigenvalue weighted by Gasteiger charge is -2.06. The highest BCUT2D eigenvalue weighted by Crippen LogP contribution is 2.18. The van der Waals surface area contributed by atoms with Gasteiger partial charge in [0.2, 0.25) is 0 Å². The lowest BCUT2D eigenvalue weighted by Crippen LogP contribution is -2.21. The van der Waals surface area contributed by atoms with Crippen molar-refractivity contribution >= 4 is 11.6 Å². The van der Waals surface area contributed by atoms with Crippen LogP contribution < -0.4 is 10.7 Å². The fourth-order valence-electron chi connectivity index (χ4n) is 1.53. The number of aromatic amines is 1. The Morgan fingerprint density at radius 3 is 2.84 bits per heavy atom. The van der Waals surface area contributed by atoms with Gasteiger partial charge in [0.1, 0.15) is 23.0 Å². The Morgan fingerprint density at radius 1 is 1.37 bits per heavy atom. The molecule has 2 aromatic rings. The third-order valence-electron chi connectivity index (χ3n) is 2.44. The van der Waals surface area contributed by atoms with Crippen molar-refractivity contribution in [3.8, 4) is 6.07 Å². The summed E-state index contributed by atoms with van der Waals surface area (Å²) in [6.45, 7) is 0. The second-order valence-electron chi connectivity index (χ2n) is 3.65. The molecule has 0 radical (unpaired) electrons. The number of aromatic nitrogens is 1. The van der Waals surface area contributed by atoms with E-state index in [4.69, 9.17) is 5.26 Å². The van der Waals surface area contributed by atoms with Crippen LogP contribution in [0.3, 0.4) is 0 Å². The number of nitrogens with one attached hydrogen (secondary N) is 2. The maximum atomic E-state index is 13.3. The van der Waals surface area contributed by atoms with Crippen molar-refractivity contribution < 1.29 is 9.18 Å². The van der Waals surface area contributed by atoms with E-state index in [1.54, 1.807) is 6.07 Å². The topological polar surface area (TPSA) is 85.8 Å². The van der Waals surface area contributed by atoms with E-state index in [9.17, 15) is 14.0 Å². The van der Waals surface area contributed by atoms with Gasteiger partial charge in [0.05, 0.1) is 5.69 Å². The molecule has 0 saturated heterocycles. The van der Waals surface area contributed by atoms with Crippen LogP contribution in [0.5, 0.6) is 0 Å². The third-order valence-corrected chi connectivity index (χ3v) is 2.44. The highest BCUT2D eigenvalue weighted by Gasteiger charge is 2.13. The molecule has 2 rings (SSSR count). The molecule has 0 atom stereocenters. The first-order chi connectivity index (χ1) is 9.13. The number of carbonyl (C=O) groups is 1. The predicted molar refractivity (Wildman–Crippen MR) is 66.1 cm³/mol. The van der Waals surface area contributed by atoms with Crippen LogP contribution in [0.15, 0.2) is 41.5 Å². The molecule has 0 aliphatic heterocycles. The highest BCUT2D eigenvalue weighted by molar-refractivity contribution is 6.04. The second-order valence-corrected chi connectivity index (χ2v) is 3.65. The molecule has 0 aliphatic rings. The van der Waals surface area contributed by atoms with Crippen LogP contribution in [-0.2, 0) is 0 Å². The average molecular weight is 257 g/mol. The van der Waals surface area contributed by atoms with E-state index < -0.39 is 17.2 Å². The standard InChI is InChI=1S/C13H8FN3O2/c14-10-2-1-3-11(8(10)6-15)17-13(19)9-7-16-5-4-12(9)18/h1-5,7H,(H,16,18)(H,17,19). The van der Waals surface area contributed by atoms with E-state index in [1.807, 2.05) is 0 Å². The minimum atomic E-state index is -0.734. The van der Waals surface area contributed by atoms with Crippen molar-refractivity contribution in [2.75, 3.05) is 5.32 Å². The molecule has 2 N–H and O–H groups in total. The van der Waals surface area contributed by atoms with Crippen molar-refractivity contribution in [1.82, 2.24) is 4.98 Å². The number of halogens is 1. The molecular weight excluding hydrogens is 249 g/mol. The van der Waals surface area contributed by atoms with E-state index in [0.717, 1.165) is 6.07 Å². The third kappa shape index (κ3) is 2.50. The quantitative estimate of drug-likeness (QED) is 0.857. The first-order valence-corrected chi connectivity index (χ1v) is 5.30. The molecule has 5 nitrogen and oxygen atoms in total. The summed E-state index contributed by atoms with van der Waals surface area (Å²) in [5.41, 5.74) is -0.833. The van der Waals surface area contributed by atoms with Crippen molar-refractivity contribution in [3.05, 3.63) is 63.8 Å². The van der Waals surface area contributed by atoms with Gasteiger partial charge in [-0.2, -0.15) is 5.26 Å². The van der Waals surface area contributed by atoms with Crippen LogP contribution in [0, 0.1) is 17.1 Å². The van der Waals surface area contributed by atoms with Gasteiger partial charge in [0, 0.05) is 18.5 Å². The average Bonchev–Trinajstić information content (AvgIpc) is 2.39. The monoisotopic (exact) mass is 257 g/mol. The molecule has 0 fully saturated rings. The maximum absolute atomic E-state index is 13.3. The van der Waals surface area contributed by atoms with E-state index in [-0.39, 0.29) is 16.8 Å². The van der Waals surface area contributed by atoms with E-state index >= 15 is 0 Å². The van der Waals surface area contributed by atoms with Gasteiger partial charge in [0.25, 0.3) is 5.91 Å². The molecule has 6 heteroatoms. The largest absolute Gasteiger partial charge is 0.367 e. The summed E-state index contributed by atoms with van der Waals surface area (Å²) in [6, 6.07) is 6.72. The summed E-state index contributed by atoms with van der Waals surface area (Å²) in [4.78, 5) is 25.9. The summed E-state index contributed by atoms with van der Waals surface area (Å²) in [7, 11) is 0. The zero-order valence-corrected chi connectivity index (χ0v) is 9.61. The minimum Gasteiger partial charge on any atom is -0.367 e. The number of anilines is 1. The lowest BCUT2D eigenvalue weighted by molar-refractivity contribution is 0.102. The van der Waals surface area contributed by atoms with Gasteiger partial charge in [-0.1, -0.05) is 6.07 Å². The summed E-state index contributed by atoms with van der Waals surface area (Å²) in [5, 5.41) is 11.2. The number of nitriles is 1. The Hall–Kier alpha value is -2.94.